The molecule has 1 rings (SSSR count). The summed E-state index contributed by atoms with van der Waals surface area (Å²) in [6.45, 7) is 4.96. The number of hydrogen-bond donors (Lipinski definition) is 2. The summed E-state index contributed by atoms with van der Waals surface area (Å²) in [5.74, 6) is -1.93. The molecule has 0 bridgehead atoms. The van der Waals surface area contributed by atoms with Crippen LogP contribution in [-0.4, -0.2) is 49.1 Å². The van der Waals surface area contributed by atoms with Crippen molar-refractivity contribution in [3.63, 3.8) is 0 Å². The summed E-state index contributed by atoms with van der Waals surface area (Å²) in [5, 5.41) is 11.7. The smallest absolute Gasteiger partial charge is 0.307 e. The van der Waals surface area contributed by atoms with Crippen LogP contribution in [0.5, 0.6) is 0 Å². The Morgan fingerprint density at radius 2 is 1.88 bits per heavy atom. The first-order valence-electron chi connectivity index (χ1n) is 5.43. The summed E-state index contributed by atoms with van der Waals surface area (Å²) < 4.78 is 0. The van der Waals surface area contributed by atoms with Gasteiger partial charge < -0.3 is 15.3 Å². The van der Waals surface area contributed by atoms with Gasteiger partial charge in [-0.3, -0.25) is 9.59 Å². The average molecular weight is 228 g/mol. The Bertz CT molecular complexity index is 300. The molecule has 0 aromatic heterocycles. The highest BCUT2D eigenvalue weighted by molar-refractivity contribution is 5.91. The van der Waals surface area contributed by atoms with Gasteiger partial charge in [-0.25, -0.2) is 0 Å². The Morgan fingerprint density at radius 3 is 2.25 bits per heavy atom. The molecule has 0 aromatic rings. The first kappa shape index (κ1) is 13.0. The van der Waals surface area contributed by atoms with Crippen LogP contribution in [0.2, 0.25) is 0 Å². The van der Waals surface area contributed by atoms with Crippen LogP contribution >= 0.6 is 0 Å². The summed E-state index contributed by atoms with van der Waals surface area (Å²) in [4.78, 5) is 24.6. The van der Waals surface area contributed by atoms with E-state index in [1.165, 1.54) is 0 Å². The topological polar surface area (TPSA) is 69.6 Å². The third kappa shape index (κ3) is 2.52. The zero-order chi connectivity index (χ0) is 12.5. The molecule has 92 valence electrons. The lowest BCUT2D eigenvalue weighted by Crippen LogP contribution is -2.33. The highest BCUT2D eigenvalue weighted by Crippen LogP contribution is 2.58. The monoisotopic (exact) mass is 228 g/mol. The number of hydrogen-bond acceptors (Lipinski definition) is 3. The normalized spacial score (nSPS) is 26.6. The zero-order valence-electron chi connectivity index (χ0n) is 10.3. The molecular weight excluding hydrogens is 208 g/mol. The number of carbonyl (C=O) groups excluding carboxylic acids is 1. The third-order valence-corrected chi connectivity index (χ3v) is 3.23. The minimum Gasteiger partial charge on any atom is -0.481 e. The lowest BCUT2D eigenvalue weighted by atomic mass is 10.1. The number of carboxylic acid groups (broad SMARTS) is 1. The molecule has 1 fully saturated rings. The lowest BCUT2D eigenvalue weighted by molar-refractivity contribution is -0.140. The van der Waals surface area contributed by atoms with Crippen LogP contribution in [0.15, 0.2) is 0 Å². The van der Waals surface area contributed by atoms with Crippen molar-refractivity contribution in [1.82, 2.24) is 10.2 Å². The standard InChI is InChI=1S/C11H20N2O3/c1-11(2)7(8(11)10(15)16)9(14)12-5-6-13(3)4/h7-8H,5-6H2,1-4H3,(H,12,14)(H,15,16). The summed E-state index contributed by atoms with van der Waals surface area (Å²) >= 11 is 0. The first-order valence-corrected chi connectivity index (χ1v) is 5.43. The molecule has 1 amide bonds. The van der Waals surface area contributed by atoms with Crippen LogP contribution < -0.4 is 5.32 Å². The van der Waals surface area contributed by atoms with Gasteiger partial charge in [0, 0.05) is 13.1 Å². The molecule has 2 unspecified atom stereocenters. The number of likely N-dealkylation sites (N-methyl/N-ethyl adjacent to an activating group) is 1. The molecule has 0 saturated heterocycles. The number of nitrogens with zero attached hydrogens (tertiary/aromatic N) is 1. The molecule has 0 radical (unpaired) electrons. The predicted molar refractivity (Wildman–Crippen MR) is 60.0 cm³/mol. The van der Waals surface area contributed by atoms with Crippen molar-refractivity contribution in [2.24, 2.45) is 17.3 Å². The molecule has 1 aliphatic rings. The lowest BCUT2D eigenvalue weighted by Gasteiger charge is -2.10. The maximum absolute atomic E-state index is 11.7. The number of amides is 1. The third-order valence-electron chi connectivity index (χ3n) is 3.23. The van der Waals surface area contributed by atoms with Crippen molar-refractivity contribution < 1.29 is 14.7 Å². The Kier molecular flexibility index (Phi) is 3.57. The SMILES string of the molecule is CN(C)CCNC(=O)C1C(C(=O)O)C1(C)C. The molecule has 2 atom stereocenters. The summed E-state index contributed by atoms with van der Waals surface area (Å²) in [6, 6.07) is 0. The number of carboxylic acids is 1. The molecule has 0 aromatic carbocycles. The molecule has 0 aliphatic heterocycles. The highest BCUT2D eigenvalue weighted by atomic mass is 16.4. The van der Waals surface area contributed by atoms with Crippen LogP contribution in [0, 0.1) is 17.3 Å². The van der Waals surface area contributed by atoms with Gasteiger partial charge in [0.25, 0.3) is 0 Å². The molecule has 1 saturated carbocycles. The van der Waals surface area contributed by atoms with Crippen molar-refractivity contribution >= 4 is 11.9 Å². The van der Waals surface area contributed by atoms with Crippen LogP contribution in [0.4, 0.5) is 0 Å². The van der Waals surface area contributed by atoms with Gasteiger partial charge in [0.1, 0.15) is 0 Å². The van der Waals surface area contributed by atoms with Gasteiger partial charge in [-0.05, 0) is 19.5 Å². The minimum absolute atomic E-state index is 0.140. The number of carbonyl (C=O) groups is 2. The number of rotatable bonds is 5. The Labute approximate surface area is 95.8 Å². The van der Waals surface area contributed by atoms with E-state index >= 15 is 0 Å². The van der Waals surface area contributed by atoms with Crippen LogP contribution in [0.1, 0.15) is 13.8 Å². The summed E-state index contributed by atoms with van der Waals surface area (Å²) in [6.07, 6.45) is 0. The van der Waals surface area contributed by atoms with Gasteiger partial charge in [0.15, 0.2) is 0 Å². The first-order chi connectivity index (χ1) is 7.28. The van der Waals surface area contributed by atoms with Gasteiger partial charge in [-0.15, -0.1) is 0 Å². The number of aliphatic carboxylic acids is 1. The van der Waals surface area contributed by atoms with Crippen molar-refractivity contribution in [3.05, 3.63) is 0 Å². The van der Waals surface area contributed by atoms with E-state index in [0.717, 1.165) is 6.54 Å². The van der Waals surface area contributed by atoms with E-state index in [2.05, 4.69) is 5.32 Å². The molecule has 2 N–H and O–H groups in total. The van der Waals surface area contributed by atoms with Gasteiger partial charge in [-0.1, -0.05) is 13.8 Å². The van der Waals surface area contributed by atoms with E-state index in [1.807, 2.05) is 32.8 Å². The van der Waals surface area contributed by atoms with E-state index in [4.69, 9.17) is 5.11 Å². The van der Waals surface area contributed by atoms with Gasteiger partial charge in [-0.2, -0.15) is 0 Å². The fourth-order valence-corrected chi connectivity index (χ4v) is 2.10. The Balaban J connectivity index is 2.42. The molecular formula is C11H20N2O3. The van der Waals surface area contributed by atoms with Gasteiger partial charge >= 0.3 is 5.97 Å². The molecule has 0 spiro atoms. The number of nitrogens with one attached hydrogen (secondary N) is 1. The van der Waals surface area contributed by atoms with Crippen molar-refractivity contribution in [3.8, 4) is 0 Å². The second kappa shape index (κ2) is 4.41. The van der Waals surface area contributed by atoms with Gasteiger partial charge in [0.2, 0.25) is 5.91 Å². The molecule has 16 heavy (non-hydrogen) atoms. The van der Waals surface area contributed by atoms with Crippen LogP contribution in [-0.2, 0) is 9.59 Å². The van der Waals surface area contributed by atoms with E-state index in [-0.39, 0.29) is 11.8 Å². The molecule has 1 aliphatic carbocycles. The molecule has 5 heteroatoms. The summed E-state index contributed by atoms with van der Waals surface area (Å²) in [5.41, 5.74) is -0.409. The molecule has 5 nitrogen and oxygen atoms in total. The van der Waals surface area contributed by atoms with E-state index in [0.29, 0.717) is 6.54 Å². The average Bonchev–Trinajstić information content (AvgIpc) is 2.68. The maximum atomic E-state index is 11.7. The quantitative estimate of drug-likeness (QED) is 0.696. The van der Waals surface area contributed by atoms with Gasteiger partial charge in [0.05, 0.1) is 11.8 Å². The summed E-state index contributed by atoms with van der Waals surface area (Å²) in [7, 11) is 3.85. The van der Waals surface area contributed by atoms with Crippen molar-refractivity contribution in [1.29, 1.82) is 0 Å². The van der Waals surface area contributed by atoms with Crippen molar-refractivity contribution in [2.75, 3.05) is 27.2 Å². The van der Waals surface area contributed by atoms with Crippen LogP contribution in [0.3, 0.4) is 0 Å². The van der Waals surface area contributed by atoms with Crippen LogP contribution in [0.25, 0.3) is 0 Å². The zero-order valence-corrected chi connectivity index (χ0v) is 10.3. The highest BCUT2D eigenvalue weighted by Gasteiger charge is 2.65. The largest absolute Gasteiger partial charge is 0.481 e. The second-order valence-electron chi connectivity index (χ2n) is 5.21. The predicted octanol–water partition coefficient (Wildman–Crippen LogP) is 0.0210. The van der Waals surface area contributed by atoms with E-state index in [1.54, 1.807) is 0 Å². The van der Waals surface area contributed by atoms with E-state index < -0.39 is 17.3 Å². The Morgan fingerprint density at radius 1 is 1.31 bits per heavy atom. The fourth-order valence-electron chi connectivity index (χ4n) is 2.10. The molecule has 0 heterocycles. The second-order valence-corrected chi connectivity index (χ2v) is 5.21. The fraction of sp³-hybridized carbons (Fsp3) is 0.818. The maximum Gasteiger partial charge on any atom is 0.307 e. The van der Waals surface area contributed by atoms with Crippen molar-refractivity contribution in [2.45, 2.75) is 13.8 Å². The Hall–Kier alpha value is -1.10. The minimum atomic E-state index is -0.877. The van der Waals surface area contributed by atoms with E-state index in [9.17, 15) is 9.59 Å².